The number of carbonyl (C=O) groups is 1. The summed E-state index contributed by atoms with van der Waals surface area (Å²) in [6.45, 7) is 0. The second-order valence-electron chi connectivity index (χ2n) is 3.35. The lowest BCUT2D eigenvalue weighted by Gasteiger charge is -2.11. The van der Waals surface area contributed by atoms with E-state index in [1.165, 1.54) is 0 Å². The molecular formula is C9H7F3N2O4. The summed E-state index contributed by atoms with van der Waals surface area (Å²) in [4.78, 5) is 19.8. The Hall–Kier alpha value is -2.16. The Kier molecular flexibility index (Phi) is 3.56. The normalized spacial score (nSPS) is 13.1. The molecule has 1 rings (SSSR count). The zero-order valence-corrected chi connectivity index (χ0v) is 8.64. The predicted octanol–water partition coefficient (Wildman–Crippen LogP) is 1.70. The molecule has 9 heteroatoms. The number of nitro groups is 1. The van der Waals surface area contributed by atoms with Crippen LogP contribution in [-0.4, -0.2) is 16.0 Å². The molecule has 0 heterocycles. The van der Waals surface area contributed by atoms with E-state index in [1.807, 2.05) is 0 Å². The van der Waals surface area contributed by atoms with Gasteiger partial charge in [-0.2, -0.15) is 13.2 Å². The summed E-state index contributed by atoms with van der Waals surface area (Å²) in [5, 5.41) is 19.0. The molecule has 18 heavy (non-hydrogen) atoms. The van der Waals surface area contributed by atoms with Crippen LogP contribution in [0.1, 0.15) is 17.2 Å². The summed E-state index contributed by atoms with van der Waals surface area (Å²) in [5.41, 5.74) is 2.10. The highest BCUT2D eigenvalue weighted by Gasteiger charge is 2.39. The van der Waals surface area contributed by atoms with Crippen molar-refractivity contribution in [1.29, 1.82) is 0 Å². The Morgan fingerprint density at radius 1 is 1.44 bits per heavy atom. The minimum Gasteiger partial charge on any atom is -0.480 e. The van der Waals surface area contributed by atoms with Crippen molar-refractivity contribution in [3.05, 3.63) is 39.4 Å². The Morgan fingerprint density at radius 3 is 2.39 bits per heavy atom. The van der Waals surface area contributed by atoms with Crippen molar-refractivity contribution in [1.82, 2.24) is 0 Å². The maximum absolute atomic E-state index is 12.6. The molecule has 0 saturated heterocycles. The number of aliphatic carboxylic acids is 1. The average Bonchev–Trinajstić information content (AvgIpc) is 2.25. The van der Waals surface area contributed by atoms with E-state index in [-0.39, 0.29) is 5.56 Å². The van der Waals surface area contributed by atoms with Gasteiger partial charge in [0.1, 0.15) is 11.6 Å². The number of nitrogens with zero attached hydrogens (tertiary/aromatic N) is 1. The van der Waals surface area contributed by atoms with E-state index < -0.39 is 34.4 Å². The van der Waals surface area contributed by atoms with Gasteiger partial charge in [-0.15, -0.1) is 0 Å². The second kappa shape index (κ2) is 4.61. The van der Waals surface area contributed by atoms with E-state index in [0.29, 0.717) is 12.1 Å². The van der Waals surface area contributed by atoms with Crippen LogP contribution in [0.5, 0.6) is 0 Å². The molecule has 0 aliphatic rings. The fourth-order valence-electron chi connectivity index (χ4n) is 1.28. The molecule has 1 aromatic rings. The number of carboxylic acid groups (broad SMARTS) is 1. The van der Waals surface area contributed by atoms with Crippen LogP contribution in [0, 0.1) is 10.1 Å². The minimum absolute atomic E-state index is 0.361. The van der Waals surface area contributed by atoms with E-state index in [0.717, 1.165) is 6.07 Å². The molecule has 0 fully saturated rings. The van der Waals surface area contributed by atoms with Gasteiger partial charge in [-0.05, 0) is 11.6 Å². The van der Waals surface area contributed by atoms with Gasteiger partial charge in [0, 0.05) is 6.07 Å². The molecule has 0 bridgehead atoms. The zero-order valence-electron chi connectivity index (χ0n) is 8.64. The fourth-order valence-corrected chi connectivity index (χ4v) is 1.28. The van der Waals surface area contributed by atoms with Gasteiger partial charge in [-0.3, -0.25) is 14.9 Å². The van der Waals surface area contributed by atoms with E-state index in [4.69, 9.17) is 10.8 Å². The molecule has 0 amide bonds. The summed E-state index contributed by atoms with van der Waals surface area (Å²) in [7, 11) is 0. The van der Waals surface area contributed by atoms with Crippen molar-refractivity contribution in [2.24, 2.45) is 5.73 Å². The minimum atomic E-state index is -4.96. The summed E-state index contributed by atoms with van der Waals surface area (Å²) >= 11 is 0. The van der Waals surface area contributed by atoms with Gasteiger partial charge in [0.2, 0.25) is 0 Å². The Bertz CT molecular complexity index is 501. The summed E-state index contributed by atoms with van der Waals surface area (Å²) in [6, 6.07) is 0.163. The Balaban J connectivity index is 3.39. The first-order valence-corrected chi connectivity index (χ1v) is 4.48. The predicted molar refractivity (Wildman–Crippen MR) is 52.7 cm³/mol. The average molecular weight is 264 g/mol. The number of rotatable bonds is 3. The monoisotopic (exact) mass is 264 g/mol. The number of alkyl halides is 3. The smallest absolute Gasteiger partial charge is 0.423 e. The van der Waals surface area contributed by atoms with E-state index >= 15 is 0 Å². The zero-order chi connectivity index (χ0) is 14.1. The first-order valence-electron chi connectivity index (χ1n) is 4.48. The van der Waals surface area contributed by atoms with Crippen LogP contribution in [0.15, 0.2) is 18.2 Å². The summed E-state index contributed by atoms with van der Waals surface area (Å²) in [5.74, 6) is -1.53. The molecule has 0 spiro atoms. The molecule has 0 saturated carbocycles. The van der Waals surface area contributed by atoms with Crippen LogP contribution < -0.4 is 5.73 Å². The van der Waals surface area contributed by atoms with Crippen molar-refractivity contribution in [2.75, 3.05) is 0 Å². The van der Waals surface area contributed by atoms with Gasteiger partial charge >= 0.3 is 12.1 Å². The molecule has 0 radical (unpaired) electrons. The first-order chi connectivity index (χ1) is 8.14. The first kappa shape index (κ1) is 13.9. The number of benzene rings is 1. The van der Waals surface area contributed by atoms with Gasteiger partial charge in [-0.1, -0.05) is 6.07 Å². The molecule has 3 N–H and O–H groups in total. The molecule has 6 nitrogen and oxygen atoms in total. The molecule has 0 aliphatic heterocycles. The van der Waals surface area contributed by atoms with Crippen LogP contribution in [0.2, 0.25) is 0 Å². The third-order valence-electron chi connectivity index (χ3n) is 2.15. The lowest BCUT2D eigenvalue weighted by molar-refractivity contribution is -0.388. The van der Waals surface area contributed by atoms with Crippen LogP contribution in [0.4, 0.5) is 18.9 Å². The molecule has 1 atom stereocenters. The fraction of sp³-hybridized carbons (Fsp3) is 0.222. The maximum Gasteiger partial charge on any atom is 0.423 e. The van der Waals surface area contributed by atoms with E-state index in [9.17, 15) is 28.1 Å². The van der Waals surface area contributed by atoms with E-state index in [2.05, 4.69) is 0 Å². The quantitative estimate of drug-likeness (QED) is 0.638. The van der Waals surface area contributed by atoms with Crippen molar-refractivity contribution < 1.29 is 28.0 Å². The maximum atomic E-state index is 12.6. The summed E-state index contributed by atoms with van der Waals surface area (Å²) < 4.78 is 37.7. The van der Waals surface area contributed by atoms with Gasteiger partial charge in [0.15, 0.2) is 0 Å². The molecule has 0 aromatic heterocycles. The number of hydrogen-bond donors (Lipinski definition) is 2. The number of nitro benzene ring substituents is 1. The van der Waals surface area contributed by atoms with Gasteiger partial charge in [0.05, 0.1) is 4.92 Å². The second-order valence-corrected chi connectivity index (χ2v) is 3.35. The van der Waals surface area contributed by atoms with Crippen LogP contribution >= 0.6 is 0 Å². The highest BCUT2D eigenvalue weighted by atomic mass is 19.4. The number of hydrogen-bond acceptors (Lipinski definition) is 4. The molecule has 0 aliphatic carbocycles. The molecule has 98 valence electrons. The standard InChI is InChI=1S/C9H7F3N2O4/c10-9(11,12)5-3-4(7(13)8(15)16)1-2-6(5)14(17)18/h1-3,7H,13H2,(H,15,16)/t7-/m0/s1. The van der Waals surface area contributed by atoms with Gasteiger partial charge in [-0.25, -0.2) is 0 Å². The van der Waals surface area contributed by atoms with Gasteiger partial charge < -0.3 is 10.8 Å². The molecule has 1 aromatic carbocycles. The van der Waals surface area contributed by atoms with Crippen LogP contribution in [0.3, 0.4) is 0 Å². The van der Waals surface area contributed by atoms with Crippen molar-refractivity contribution in [2.45, 2.75) is 12.2 Å². The SMILES string of the molecule is N[C@H](C(=O)O)c1ccc([N+](=O)[O-])c(C(F)(F)F)c1. The number of nitrogens with two attached hydrogens (primary N) is 1. The molecular weight excluding hydrogens is 257 g/mol. The van der Waals surface area contributed by atoms with Crippen molar-refractivity contribution >= 4 is 11.7 Å². The van der Waals surface area contributed by atoms with E-state index in [1.54, 1.807) is 0 Å². The number of carboxylic acids is 1. The highest BCUT2D eigenvalue weighted by molar-refractivity contribution is 5.75. The highest BCUT2D eigenvalue weighted by Crippen LogP contribution is 2.37. The molecule has 0 unspecified atom stereocenters. The number of halogens is 3. The van der Waals surface area contributed by atoms with Crippen LogP contribution in [-0.2, 0) is 11.0 Å². The van der Waals surface area contributed by atoms with Gasteiger partial charge in [0.25, 0.3) is 5.69 Å². The topological polar surface area (TPSA) is 106 Å². The third-order valence-corrected chi connectivity index (χ3v) is 2.15. The lowest BCUT2D eigenvalue weighted by atomic mass is 10.0. The van der Waals surface area contributed by atoms with Crippen molar-refractivity contribution in [3.8, 4) is 0 Å². The van der Waals surface area contributed by atoms with Crippen LogP contribution in [0.25, 0.3) is 0 Å². The third kappa shape index (κ3) is 2.74. The largest absolute Gasteiger partial charge is 0.480 e. The Morgan fingerprint density at radius 2 is 2.00 bits per heavy atom. The lowest BCUT2D eigenvalue weighted by Crippen LogP contribution is -2.21. The van der Waals surface area contributed by atoms with Crippen molar-refractivity contribution in [3.63, 3.8) is 0 Å². The summed E-state index contributed by atoms with van der Waals surface area (Å²) in [6.07, 6.45) is -4.96. The Labute approximate surface area is 98.0 Å².